The average Bonchev–Trinajstić information content (AvgIpc) is 3.30. The molecule has 4 rings (SSSR count). The van der Waals surface area contributed by atoms with Crippen molar-refractivity contribution in [3.05, 3.63) is 30.3 Å². The molecule has 1 unspecified atom stereocenters. The summed E-state index contributed by atoms with van der Waals surface area (Å²) in [6.45, 7) is 0.134. The number of nitrogens with zero attached hydrogens (tertiary/aromatic N) is 2. The molecule has 1 aromatic rings. The molecule has 0 bridgehead atoms. The minimum Gasteiger partial charge on any atom is -0.284 e. The normalized spacial score (nSPS) is 32.0. The van der Waals surface area contributed by atoms with Crippen LogP contribution in [0.3, 0.4) is 0 Å². The van der Waals surface area contributed by atoms with E-state index in [0.29, 0.717) is 12.2 Å². The van der Waals surface area contributed by atoms with Crippen molar-refractivity contribution >= 4 is 33.4 Å². The Bertz CT molecular complexity index is 836. The molecule has 26 heavy (non-hydrogen) atoms. The van der Waals surface area contributed by atoms with E-state index in [0.717, 1.165) is 10.7 Å². The fraction of sp³-hybridized carbons (Fsp3) is 0.529. The molecule has 2 amide bonds. The molecule has 140 valence electrons. The Kier molecular flexibility index (Phi) is 4.37. The van der Waals surface area contributed by atoms with Crippen molar-refractivity contribution in [2.24, 2.45) is 5.92 Å². The molecular formula is C17H20N2O5S2. The molecule has 9 heteroatoms. The Labute approximate surface area is 156 Å². The van der Waals surface area contributed by atoms with Gasteiger partial charge in [-0.05, 0) is 24.3 Å². The maximum absolute atomic E-state index is 12.6. The van der Waals surface area contributed by atoms with Gasteiger partial charge in [0.25, 0.3) is 5.91 Å². The van der Waals surface area contributed by atoms with Gasteiger partial charge in [-0.3, -0.25) is 19.3 Å². The van der Waals surface area contributed by atoms with E-state index in [2.05, 4.69) is 0 Å². The van der Waals surface area contributed by atoms with Gasteiger partial charge in [-0.1, -0.05) is 18.2 Å². The molecule has 1 spiro atoms. The van der Waals surface area contributed by atoms with Crippen molar-refractivity contribution in [2.45, 2.75) is 23.0 Å². The molecule has 0 saturated carbocycles. The smallest absolute Gasteiger partial charge is 0.261 e. The highest BCUT2D eigenvalue weighted by molar-refractivity contribution is 7.99. The minimum absolute atomic E-state index is 0.124. The third kappa shape index (κ3) is 2.60. The molecule has 0 aliphatic carbocycles. The monoisotopic (exact) mass is 396 g/mol. The molecule has 1 aromatic carbocycles. The summed E-state index contributed by atoms with van der Waals surface area (Å²) in [5.41, 5.74) is -0.598. The molecule has 0 N–H and O–H groups in total. The summed E-state index contributed by atoms with van der Waals surface area (Å²) in [7, 11) is -1.99. The van der Waals surface area contributed by atoms with Crippen molar-refractivity contribution in [2.75, 3.05) is 30.9 Å². The third-order valence-corrected chi connectivity index (χ3v) is 8.39. The van der Waals surface area contributed by atoms with Crippen LogP contribution in [0.1, 0.15) is 6.42 Å². The van der Waals surface area contributed by atoms with Crippen molar-refractivity contribution in [1.29, 1.82) is 0 Å². The summed E-state index contributed by atoms with van der Waals surface area (Å²) in [5, 5.41) is 1.62. The van der Waals surface area contributed by atoms with Crippen molar-refractivity contribution in [3.63, 3.8) is 0 Å². The van der Waals surface area contributed by atoms with Crippen molar-refractivity contribution in [1.82, 2.24) is 9.96 Å². The second-order valence-corrected chi connectivity index (χ2v) is 10.1. The highest BCUT2D eigenvalue weighted by Crippen LogP contribution is 2.49. The lowest BCUT2D eigenvalue weighted by Crippen LogP contribution is -2.52. The number of likely N-dealkylation sites (N-methyl/N-ethyl adjacent to an activating group) is 1. The Balaban J connectivity index is 1.58. The molecule has 3 heterocycles. The van der Waals surface area contributed by atoms with Gasteiger partial charge in [-0.15, -0.1) is 0 Å². The number of sulfone groups is 1. The highest BCUT2D eigenvalue weighted by atomic mass is 32.2. The Morgan fingerprint density at radius 1 is 1.23 bits per heavy atom. The predicted octanol–water partition coefficient (Wildman–Crippen LogP) is 0.567. The van der Waals surface area contributed by atoms with Gasteiger partial charge in [0, 0.05) is 19.3 Å². The van der Waals surface area contributed by atoms with Crippen LogP contribution in [0.15, 0.2) is 35.2 Å². The predicted molar refractivity (Wildman–Crippen MR) is 96.0 cm³/mol. The maximum atomic E-state index is 12.6. The molecule has 0 radical (unpaired) electrons. The summed E-state index contributed by atoms with van der Waals surface area (Å²) in [6.07, 6.45) is -0.123. The minimum atomic E-state index is -3.46. The van der Waals surface area contributed by atoms with Crippen LogP contribution in [0, 0.1) is 5.92 Å². The fourth-order valence-corrected chi connectivity index (χ4v) is 6.71. The topological polar surface area (TPSA) is 84.0 Å². The van der Waals surface area contributed by atoms with E-state index in [1.807, 2.05) is 0 Å². The first kappa shape index (κ1) is 18.0. The largest absolute Gasteiger partial charge is 0.284 e. The molecule has 7 nitrogen and oxygen atoms in total. The van der Waals surface area contributed by atoms with Gasteiger partial charge in [-0.25, -0.2) is 8.42 Å². The van der Waals surface area contributed by atoms with E-state index in [9.17, 15) is 18.0 Å². The van der Waals surface area contributed by atoms with Gasteiger partial charge in [0.2, 0.25) is 5.91 Å². The number of hydrogen-bond donors (Lipinski definition) is 0. The van der Waals surface area contributed by atoms with Crippen LogP contribution in [-0.2, 0) is 24.3 Å². The highest BCUT2D eigenvalue weighted by Gasteiger charge is 2.66. The lowest BCUT2D eigenvalue weighted by atomic mass is 9.81. The van der Waals surface area contributed by atoms with Crippen LogP contribution in [0.25, 0.3) is 0 Å². The molecule has 3 fully saturated rings. The van der Waals surface area contributed by atoms with Crippen LogP contribution in [0.5, 0.6) is 0 Å². The average molecular weight is 396 g/mol. The Hall–Kier alpha value is -1.42. The van der Waals surface area contributed by atoms with E-state index in [1.165, 1.54) is 7.05 Å². The number of carbonyl (C=O) groups is 2. The van der Waals surface area contributed by atoms with E-state index in [-0.39, 0.29) is 29.0 Å². The first-order valence-electron chi connectivity index (χ1n) is 8.48. The van der Waals surface area contributed by atoms with E-state index >= 15 is 0 Å². The summed E-state index contributed by atoms with van der Waals surface area (Å²) >= 11 is 1.70. The van der Waals surface area contributed by atoms with Gasteiger partial charge < -0.3 is 0 Å². The number of rotatable bonds is 4. The molecule has 3 saturated heterocycles. The third-order valence-electron chi connectivity index (χ3n) is 5.49. The van der Waals surface area contributed by atoms with Crippen molar-refractivity contribution < 1.29 is 22.8 Å². The zero-order valence-electron chi connectivity index (χ0n) is 14.3. The van der Waals surface area contributed by atoms with Crippen LogP contribution in [-0.4, -0.2) is 72.7 Å². The second kappa shape index (κ2) is 6.33. The van der Waals surface area contributed by atoms with E-state index in [4.69, 9.17) is 4.84 Å². The maximum Gasteiger partial charge on any atom is 0.261 e. The standard InChI is InChI=1S/C17H20N2O5S2/c1-18-15(20)13-14(16(18)21)24-19(17(13)7-9-25-11-17)8-10-26(22,23)12-5-3-2-4-6-12/h2-6,13-14H,7-11H2,1H3/t13-,14+,17?/m1/s1. The number of carbonyl (C=O) groups excluding carboxylic acids is 2. The summed E-state index contributed by atoms with van der Waals surface area (Å²) < 4.78 is 25.2. The summed E-state index contributed by atoms with van der Waals surface area (Å²) in [5.74, 6) is 0.280. The second-order valence-electron chi connectivity index (χ2n) is 6.88. The van der Waals surface area contributed by atoms with E-state index in [1.54, 1.807) is 47.2 Å². The first-order valence-corrected chi connectivity index (χ1v) is 11.3. The van der Waals surface area contributed by atoms with Gasteiger partial charge >= 0.3 is 0 Å². The number of hydroxylamine groups is 2. The zero-order chi connectivity index (χ0) is 18.5. The zero-order valence-corrected chi connectivity index (χ0v) is 16.0. The lowest BCUT2D eigenvalue weighted by Gasteiger charge is -2.35. The van der Waals surface area contributed by atoms with Crippen LogP contribution in [0.2, 0.25) is 0 Å². The first-order chi connectivity index (χ1) is 12.4. The van der Waals surface area contributed by atoms with Gasteiger partial charge in [0.1, 0.15) is 0 Å². The van der Waals surface area contributed by atoms with Crippen LogP contribution < -0.4 is 0 Å². The molecule has 3 aliphatic rings. The molecular weight excluding hydrogens is 376 g/mol. The Morgan fingerprint density at radius 3 is 2.62 bits per heavy atom. The number of hydrogen-bond acceptors (Lipinski definition) is 7. The summed E-state index contributed by atoms with van der Waals surface area (Å²) in [4.78, 5) is 32.2. The number of likely N-dealkylation sites (tertiary alicyclic amines) is 1. The quantitative estimate of drug-likeness (QED) is 0.688. The van der Waals surface area contributed by atoms with Crippen molar-refractivity contribution in [3.8, 4) is 0 Å². The van der Waals surface area contributed by atoms with Crippen LogP contribution in [0.4, 0.5) is 0 Å². The number of thioether (sulfide) groups is 1. The van der Waals surface area contributed by atoms with Gasteiger partial charge in [0.05, 0.1) is 22.1 Å². The van der Waals surface area contributed by atoms with Gasteiger partial charge in [-0.2, -0.15) is 16.8 Å². The molecule has 0 aromatic heterocycles. The lowest BCUT2D eigenvalue weighted by molar-refractivity contribution is -0.189. The number of benzene rings is 1. The molecule has 3 atom stereocenters. The van der Waals surface area contributed by atoms with E-state index < -0.39 is 27.4 Å². The van der Waals surface area contributed by atoms with Gasteiger partial charge in [0.15, 0.2) is 15.9 Å². The fourth-order valence-electron chi connectivity index (χ4n) is 4.03. The summed E-state index contributed by atoms with van der Waals surface area (Å²) in [6, 6.07) is 8.27. The SMILES string of the molecule is CN1C(=O)[C@H]2ON(CCS(=O)(=O)c3ccccc3)C3(CCSC3)[C@H]2C1=O. The number of amides is 2. The molecule has 3 aliphatic heterocycles. The van der Waals surface area contributed by atoms with Crippen LogP contribution >= 0.6 is 11.8 Å². The Morgan fingerprint density at radius 2 is 1.96 bits per heavy atom. The number of imide groups is 1. The number of fused-ring (bicyclic) bond motifs is 2.